The van der Waals surface area contributed by atoms with E-state index in [9.17, 15) is 0 Å². The maximum Gasteiger partial charge on any atom is -1.00 e. The van der Waals surface area contributed by atoms with Gasteiger partial charge in [0.2, 0.25) is 0 Å². The third kappa shape index (κ3) is 6.97. The van der Waals surface area contributed by atoms with Crippen molar-refractivity contribution in [2.24, 2.45) is 0 Å². The fourth-order valence-electron chi connectivity index (χ4n) is 1.42. The summed E-state index contributed by atoms with van der Waals surface area (Å²) in [5.41, 5.74) is 2.74. The van der Waals surface area contributed by atoms with Crippen molar-refractivity contribution < 1.29 is 56.9 Å². The summed E-state index contributed by atoms with van der Waals surface area (Å²) in [6, 6.07) is 2.11. The maximum absolute atomic E-state index is 5.42. The largest absolute Gasteiger partial charge is 1.00 e. The minimum atomic E-state index is -0.610. The fourth-order valence-corrected chi connectivity index (χ4v) is 1.42. The Morgan fingerprint density at radius 3 is 2.24 bits per heavy atom. The molecule has 6 heteroatoms. The summed E-state index contributed by atoms with van der Waals surface area (Å²) < 4.78 is 10.4. The van der Waals surface area contributed by atoms with Gasteiger partial charge in [-0.25, -0.2) is 0 Å². The molecule has 2 nitrogen and oxygen atoms in total. The van der Waals surface area contributed by atoms with Gasteiger partial charge in [0, 0.05) is 5.56 Å². The Balaban J connectivity index is 0. The van der Waals surface area contributed by atoms with Gasteiger partial charge in [-0.3, -0.25) is 0 Å². The molecule has 0 N–H and O–H groups in total. The molecule has 2 rings (SSSR count). The van der Waals surface area contributed by atoms with E-state index in [1.54, 1.807) is 0 Å². The Morgan fingerprint density at radius 1 is 1.29 bits per heavy atom. The molecule has 0 aliphatic heterocycles. The molecule has 0 bridgehead atoms. The summed E-state index contributed by atoms with van der Waals surface area (Å²) in [6.07, 6.45) is 3.19. The average Bonchev–Trinajstić information content (AvgIpc) is 2.61. The van der Waals surface area contributed by atoms with Gasteiger partial charge in [0.1, 0.15) is 11.5 Å². The molecule has 0 saturated heterocycles. The van der Waals surface area contributed by atoms with Gasteiger partial charge in [-0.05, 0) is 32.4 Å². The summed E-state index contributed by atoms with van der Waals surface area (Å²) in [7, 11) is -0.610. The predicted molar refractivity (Wildman–Crippen MR) is 60.8 cm³/mol. The molecule has 0 unspecified atom stereocenters. The summed E-state index contributed by atoms with van der Waals surface area (Å²) in [4.78, 5) is 0. The first kappa shape index (κ1) is 20.0. The molecule has 95 valence electrons. The Morgan fingerprint density at radius 2 is 1.82 bits per heavy atom. The zero-order valence-corrected chi connectivity index (χ0v) is 15.6. The Labute approximate surface area is 133 Å². The van der Waals surface area contributed by atoms with Crippen molar-refractivity contribution in [2.45, 2.75) is 33.4 Å². The predicted octanol–water partition coefficient (Wildman–Crippen LogP) is -3.00. The van der Waals surface area contributed by atoms with E-state index in [1.807, 2.05) is 6.92 Å². The van der Waals surface area contributed by atoms with Gasteiger partial charge >= 0.3 is 49.8 Å². The van der Waals surface area contributed by atoms with Crippen LogP contribution in [-0.4, -0.2) is 9.04 Å². The number of furan rings is 1. The molecule has 17 heavy (non-hydrogen) atoms. The van der Waals surface area contributed by atoms with E-state index in [4.69, 9.17) is 6.92 Å². The fraction of sp³-hybridized carbons (Fsp3) is 0.455. The number of hydrogen-bond donors (Lipinski definition) is 0. The number of aryl methyl sites for hydroxylation is 1. The van der Waals surface area contributed by atoms with E-state index >= 15 is 0 Å². The number of hydrogen-bond acceptors (Lipinski definition) is 2. The van der Waals surface area contributed by atoms with Crippen molar-refractivity contribution in [1.29, 1.82) is 0 Å². The monoisotopic (exact) mass is 369 g/mol. The molecule has 0 atom stereocenters. The zero-order chi connectivity index (χ0) is 11.4. The minimum Gasteiger partial charge on any atom is -1.00 e. The second-order valence-electron chi connectivity index (χ2n) is 4.08. The van der Waals surface area contributed by atoms with Crippen molar-refractivity contribution in [1.82, 2.24) is 0 Å². The molecule has 0 saturated carbocycles. The van der Waals surface area contributed by atoms with Crippen LogP contribution in [0, 0.1) is 6.92 Å². The van der Waals surface area contributed by atoms with Crippen LogP contribution in [0.4, 0.5) is 0 Å². The van der Waals surface area contributed by atoms with Gasteiger partial charge in [-0.15, -0.1) is 0 Å². The van der Waals surface area contributed by atoms with E-state index in [1.165, 1.54) is 36.3 Å². The smallest absolute Gasteiger partial charge is 1.00 e. The molecule has 1 heterocycles. The van der Waals surface area contributed by atoms with Gasteiger partial charge in [0.15, 0.2) is 0 Å². The minimum absolute atomic E-state index is 0. The summed E-state index contributed by atoms with van der Waals surface area (Å²) in [6.45, 7) is 8.44. The van der Waals surface area contributed by atoms with Gasteiger partial charge in [-0.2, -0.15) is 0 Å². The molecule has 0 aromatic carbocycles. The third-order valence-corrected chi connectivity index (χ3v) is 6.00. The normalized spacial score (nSPS) is 11.8. The maximum atomic E-state index is 5.42. The molecule has 1 aliphatic carbocycles. The van der Waals surface area contributed by atoms with Crippen molar-refractivity contribution in [3.05, 3.63) is 28.7 Å². The van der Waals surface area contributed by atoms with E-state index in [0.717, 1.165) is 17.9 Å². The molecular formula is C11H17Cl2O2SiZr. The second-order valence-corrected chi connectivity index (χ2v) is 8.15. The van der Waals surface area contributed by atoms with Crippen LogP contribution in [0.2, 0.25) is 13.1 Å². The topological polar surface area (TPSA) is 22.4 Å². The first-order valence-electron chi connectivity index (χ1n) is 5.11. The Bertz CT molecular complexity index is 364. The standard InChI is InChI=1S/C9H10O.C2H7OSi.2ClH.Zr/c1-6-3-8-5-7(2)10-9(8)4-6;1-4(2)3;;;/h4-5H,3H2,1-2H3;4H,1-2H3;2*1H;/q;-1;;;+3/p-2. The van der Waals surface area contributed by atoms with E-state index in [2.05, 4.69) is 32.2 Å². The number of rotatable bonds is 1. The molecule has 0 spiro atoms. The average molecular weight is 371 g/mol. The second kappa shape index (κ2) is 9.57. The van der Waals surface area contributed by atoms with E-state index in [-0.39, 0.29) is 24.8 Å². The third-order valence-electron chi connectivity index (χ3n) is 2.05. The summed E-state index contributed by atoms with van der Waals surface area (Å²) in [5, 5.41) is 0. The van der Waals surface area contributed by atoms with Crippen LogP contribution in [0.1, 0.15) is 24.0 Å². The Kier molecular flexibility index (Phi) is 11.3. The van der Waals surface area contributed by atoms with Crippen LogP contribution in [0.25, 0.3) is 6.08 Å². The van der Waals surface area contributed by atoms with Gasteiger partial charge in [0.05, 0.1) is 0 Å². The molecule has 1 aliphatic rings. The quantitative estimate of drug-likeness (QED) is 0.491. The first-order valence-corrected chi connectivity index (χ1v) is 8.90. The zero-order valence-electron chi connectivity index (χ0n) is 10.5. The molecule has 0 amide bonds. The molecule has 1 aromatic heterocycles. The SMILES string of the molecule is CC1=Cc2oc(C)cc2C1.C[SiH](C)[O][Zr+2].[Cl-].[Cl-]. The van der Waals surface area contributed by atoms with Crippen LogP contribution in [0.15, 0.2) is 16.1 Å². The number of fused-ring (bicyclic) bond motifs is 1. The summed E-state index contributed by atoms with van der Waals surface area (Å²) in [5.74, 6) is 2.09. The van der Waals surface area contributed by atoms with Crippen LogP contribution in [-0.2, 0) is 34.1 Å². The van der Waals surface area contributed by atoms with Gasteiger partial charge < -0.3 is 29.2 Å². The molecular weight excluding hydrogens is 354 g/mol. The van der Waals surface area contributed by atoms with Gasteiger partial charge in [-0.1, -0.05) is 5.57 Å². The number of allylic oxidation sites excluding steroid dienone is 1. The van der Waals surface area contributed by atoms with Crippen molar-refractivity contribution >= 4 is 15.1 Å². The molecule has 1 aromatic rings. The molecule has 0 fully saturated rings. The molecule has 0 radical (unpaired) electrons. The van der Waals surface area contributed by atoms with Crippen LogP contribution >= 0.6 is 0 Å². The Hall–Kier alpha value is 0.660. The van der Waals surface area contributed by atoms with Crippen LogP contribution < -0.4 is 24.8 Å². The van der Waals surface area contributed by atoms with Crippen molar-refractivity contribution in [2.75, 3.05) is 0 Å². The van der Waals surface area contributed by atoms with E-state index < -0.39 is 9.04 Å². The van der Waals surface area contributed by atoms with Crippen molar-refractivity contribution in [3.8, 4) is 0 Å². The van der Waals surface area contributed by atoms with Crippen LogP contribution in [0.3, 0.4) is 0 Å². The van der Waals surface area contributed by atoms with Gasteiger partial charge in [0.25, 0.3) is 0 Å². The van der Waals surface area contributed by atoms with E-state index in [0.29, 0.717) is 0 Å². The summed E-state index contributed by atoms with van der Waals surface area (Å²) >= 11 is 1.23. The number of halogens is 2. The van der Waals surface area contributed by atoms with Crippen molar-refractivity contribution in [3.63, 3.8) is 0 Å². The van der Waals surface area contributed by atoms with Crippen LogP contribution in [0.5, 0.6) is 0 Å². The first-order chi connectivity index (χ1) is 7.02.